The topological polar surface area (TPSA) is 46.2 Å². The zero-order chi connectivity index (χ0) is 26.2. The Balaban J connectivity index is 1.67. The zero-order valence-corrected chi connectivity index (χ0v) is 21.1. The molecule has 8 atom stereocenters. The first-order chi connectivity index (χ1) is 18.0. The molecule has 3 aromatic carbocycles. The van der Waals surface area contributed by atoms with Crippen molar-refractivity contribution in [2.75, 3.05) is 11.5 Å². The second-order valence-electron chi connectivity index (χ2n) is 7.82. The van der Waals surface area contributed by atoms with Crippen LogP contribution in [-0.2, 0) is 43.4 Å². The highest BCUT2D eigenvalue weighted by atomic mass is 127. The lowest BCUT2D eigenvalue weighted by molar-refractivity contribution is -0.313. The van der Waals surface area contributed by atoms with Gasteiger partial charge in [0.15, 0.2) is 6.29 Å². The van der Waals surface area contributed by atoms with Gasteiger partial charge in [-0.3, -0.25) is 0 Å². The van der Waals surface area contributed by atoms with Crippen LogP contribution in [0.25, 0.3) is 0 Å². The van der Waals surface area contributed by atoms with Crippen molar-refractivity contribution >= 4 is 22.6 Å². The molecule has 5 nitrogen and oxygen atoms in total. The van der Waals surface area contributed by atoms with Crippen LogP contribution in [-0.4, -0.2) is 42.2 Å². The maximum Gasteiger partial charge on any atom is 0.186 e. The van der Waals surface area contributed by atoms with E-state index >= 15 is 0 Å². The smallest absolute Gasteiger partial charge is 0.186 e. The highest BCUT2D eigenvalue weighted by molar-refractivity contribution is 14.1. The van der Waals surface area contributed by atoms with Crippen molar-refractivity contribution in [2.24, 2.45) is 0 Å². The summed E-state index contributed by atoms with van der Waals surface area (Å²) < 4.78 is 57.3. The third-order valence-corrected chi connectivity index (χ3v) is 6.33. The largest absolute Gasteiger partial charge is 0.368 e. The van der Waals surface area contributed by atoms with Crippen LogP contribution < -0.4 is 0 Å². The number of benzene rings is 3. The molecule has 0 N–H and O–H groups in total. The Kier molecular flexibility index (Phi) is 8.41. The number of halogens is 1. The Bertz CT molecular complexity index is 1000. The number of alkyl halides is 1. The molecule has 0 aromatic heterocycles. The molecule has 1 heterocycles. The molecule has 0 radical (unpaired) electrons. The lowest BCUT2D eigenvalue weighted by Crippen LogP contribution is -2.61. The van der Waals surface area contributed by atoms with Gasteiger partial charge in [-0.25, -0.2) is 0 Å². The Morgan fingerprint density at radius 2 is 1.09 bits per heavy atom. The Hall–Kier alpha value is -1.81. The highest BCUT2D eigenvalue weighted by Gasteiger charge is 2.48. The van der Waals surface area contributed by atoms with Crippen LogP contribution in [0, 0.1) is 0 Å². The summed E-state index contributed by atoms with van der Waals surface area (Å²) in [6.45, 7) is -3.10. The first kappa shape index (κ1) is 21.5. The summed E-state index contributed by atoms with van der Waals surface area (Å²) in [6, 6.07) is 27.7. The van der Waals surface area contributed by atoms with Crippen molar-refractivity contribution in [1.82, 2.24) is 0 Å². The van der Waals surface area contributed by atoms with Crippen molar-refractivity contribution in [1.29, 1.82) is 0 Å². The Morgan fingerprint density at radius 1 is 0.676 bits per heavy atom. The van der Waals surface area contributed by atoms with Crippen molar-refractivity contribution in [3.63, 3.8) is 0 Å². The minimum absolute atomic E-state index is 0.490. The van der Waals surface area contributed by atoms with E-state index in [1.807, 2.05) is 91.0 Å². The van der Waals surface area contributed by atoms with Gasteiger partial charge in [0, 0.05) is 11.5 Å². The minimum atomic E-state index is -1.05. The third-order valence-electron chi connectivity index (χ3n) is 5.46. The lowest BCUT2D eigenvalue weighted by atomic mass is 9.98. The van der Waals surface area contributed by atoms with Gasteiger partial charge in [0.2, 0.25) is 0 Å². The van der Waals surface area contributed by atoms with E-state index in [0.29, 0.717) is 21.1 Å². The average molecular weight is 577 g/mol. The fourth-order valence-corrected chi connectivity index (χ4v) is 4.43. The van der Waals surface area contributed by atoms with Crippen LogP contribution >= 0.6 is 22.6 Å². The van der Waals surface area contributed by atoms with Crippen molar-refractivity contribution < 1.29 is 27.8 Å². The number of hydrogen-bond acceptors (Lipinski definition) is 5. The summed E-state index contributed by atoms with van der Waals surface area (Å²) in [5, 5.41) is 0. The van der Waals surface area contributed by atoms with Crippen molar-refractivity contribution in [3.05, 3.63) is 108 Å². The summed E-state index contributed by atoms with van der Waals surface area (Å²) in [4.78, 5) is 0. The first-order valence-corrected chi connectivity index (χ1v) is 12.7. The van der Waals surface area contributed by atoms with E-state index in [0.717, 1.165) is 0 Å². The molecule has 1 saturated heterocycles. The molecule has 0 aliphatic carbocycles. The lowest BCUT2D eigenvalue weighted by Gasteiger charge is -2.45. The molecule has 0 spiro atoms. The summed E-state index contributed by atoms with van der Waals surface area (Å²) in [6.07, 6.45) is -3.85. The molecule has 34 heavy (non-hydrogen) atoms. The van der Waals surface area contributed by atoms with Crippen molar-refractivity contribution in [2.45, 2.75) is 50.5 Å². The average Bonchev–Trinajstić information content (AvgIpc) is 2.95. The monoisotopic (exact) mass is 577 g/mol. The van der Waals surface area contributed by atoms with E-state index in [1.54, 1.807) is 0 Å². The molecular weight excluding hydrogens is 543 g/mol. The van der Waals surface area contributed by atoms with E-state index in [4.69, 9.17) is 27.8 Å². The van der Waals surface area contributed by atoms with E-state index in [1.165, 1.54) is 7.11 Å². The van der Waals surface area contributed by atoms with Crippen molar-refractivity contribution in [3.8, 4) is 0 Å². The molecule has 0 bridgehead atoms. The van der Waals surface area contributed by atoms with Gasteiger partial charge >= 0.3 is 0 Å². The van der Waals surface area contributed by atoms with Crippen LogP contribution in [0.2, 0.25) is 0 Å². The van der Waals surface area contributed by atoms with Crippen LogP contribution in [0.15, 0.2) is 91.0 Å². The van der Waals surface area contributed by atoms with Gasteiger partial charge in [0.05, 0.1) is 30.0 Å². The molecule has 0 amide bonds. The maximum atomic E-state index is 8.76. The zero-order valence-electron chi connectivity index (χ0n) is 21.9. The second-order valence-corrected chi connectivity index (χ2v) is 8.70. The van der Waals surface area contributed by atoms with Gasteiger partial charge in [-0.2, -0.15) is 0 Å². The van der Waals surface area contributed by atoms with Crippen LogP contribution in [0.4, 0.5) is 0 Å². The number of hydrogen-bond donors (Lipinski definition) is 0. The summed E-state index contributed by atoms with van der Waals surface area (Å²) in [5.41, 5.74) is 2.02. The molecule has 4 unspecified atom stereocenters. The highest BCUT2D eigenvalue weighted by Crippen LogP contribution is 2.31. The Morgan fingerprint density at radius 3 is 1.50 bits per heavy atom. The van der Waals surface area contributed by atoms with E-state index < -0.39 is 50.5 Å². The quantitative estimate of drug-likeness (QED) is 0.221. The van der Waals surface area contributed by atoms with E-state index in [9.17, 15) is 0 Å². The van der Waals surface area contributed by atoms with E-state index in [2.05, 4.69) is 22.6 Å². The molecule has 6 heteroatoms. The van der Waals surface area contributed by atoms with Gasteiger partial charge in [-0.15, -0.1) is 0 Å². The molecular formula is C28H31IO5. The predicted octanol–water partition coefficient (Wildman–Crippen LogP) is 5.55. The summed E-state index contributed by atoms with van der Waals surface area (Å²) >= 11 is 2.20. The van der Waals surface area contributed by atoms with Gasteiger partial charge in [-0.05, 0) is 16.7 Å². The minimum Gasteiger partial charge on any atom is -0.368 e. The number of rotatable bonds is 11. The standard InChI is InChI=1S/C28H31IO5/c1-30-28-27(33-20-23-15-9-4-10-16-23)26(32-19-22-13-7-3-8-14-22)25(24(17-29)34-28)31-18-21-11-5-2-6-12-21/h2-16,24-28H,17-20H2,1H3/t24-,25-,26+,27+,28?/m1/s1/i18D,19D,20D/t18?,19?,20?,24-,25-,26+,27+,28?. The number of methoxy groups -OCH3 is 1. The maximum absolute atomic E-state index is 8.76. The molecule has 4 rings (SSSR count). The molecule has 1 fully saturated rings. The fourth-order valence-electron chi connectivity index (χ4n) is 3.72. The second kappa shape index (κ2) is 13.3. The normalized spacial score (nSPS) is 28.8. The molecule has 1 aliphatic heterocycles. The summed E-state index contributed by atoms with van der Waals surface area (Å²) in [7, 11) is 1.51. The fraction of sp³-hybridized carbons (Fsp3) is 0.357. The third kappa shape index (κ3) is 6.87. The van der Waals surface area contributed by atoms with Gasteiger partial charge in [0.25, 0.3) is 0 Å². The van der Waals surface area contributed by atoms with Crippen LogP contribution in [0.1, 0.15) is 20.8 Å². The Labute approximate surface area is 219 Å². The molecule has 180 valence electrons. The van der Waals surface area contributed by atoms with Gasteiger partial charge < -0.3 is 23.7 Å². The molecule has 1 aliphatic rings. The van der Waals surface area contributed by atoms with E-state index in [-0.39, 0.29) is 0 Å². The van der Waals surface area contributed by atoms with Gasteiger partial charge in [-0.1, -0.05) is 114 Å². The van der Waals surface area contributed by atoms with Crippen LogP contribution in [0.5, 0.6) is 0 Å². The molecule has 0 saturated carbocycles. The number of ether oxygens (including phenoxy) is 5. The predicted molar refractivity (Wildman–Crippen MR) is 140 cm³/mol. The summed E-state index contributed by atoms with van der Waals surface area (Å²) in [5.74, 6) is 0. The first-order valence-electron chi connectivity index (χ1n) is 12.9. The van der Waals surface area contributed by atoms with Crippen LogP contribution in [0.3, 0.4) is 0 Å². The molecule has 3 aromatic rings. The SMILES string of the molecule is [2H]C(O[C@H]1[C@H](OC([2H])c2ccccc2)[C@@H](CI)OC(OC)[C@H]1OC([2H])c1ccccc1)c1ccccc1. The van der Waals surface area contributed by atoms with Gasteiger partial charge in [0.1, 0.15) is 18.3 Å².